The van der Waals surface area contributed by atoms with Gasteiger partial charge >= 0.3 is 0 Å². The molecule has 1 aliphatic heterocycles. The number of ether oxygens (including phenoxy) is 4. The predicted molar refractivity (Wildman–Crippen MR) is 107 cm³/mol. The summed E-state index contributed by atoms with van der Waals surface area (Å²) in [6.45, 7) is 0.390. The summed E-state index contributed by atoms with van der Waals surface area (Å²) in [5.41, 5.74) is 1.12. The maximum absolute atomic E-state index is 12.8. The molecule has 29 heavy (non-hydrogen) atoms. The van der Waals surface area contributed by atoms with Crippen molar-refractivity contribution in [3.63, 3.8) is 0 Å². The molecule has 3 rings (SSSR count). The van der Waals surface area contributed by atoms with E-state index in [-0.39, 0.29) is 24.3 Å². The van der Waals surface area contributed by atoms with Crippen molar-refractivity contribution in [3.05, 3.63) is 42.0 Å². The molecule has 0 aliphatic carbocycles. The van der Waals surface area contributed by atoms with Crippen molar-refractivity contribution < 1.29 is 28.5 Å². The van der Waals surface area contributed by atoms with Crippen LogP contribution in [0.15, 0.2) is 36.4 Å². The quantitative estimate of drug-likeness (QED) is 0.767. The van der Waals surface area contributed by atoms with Crippen LogP contribution in [0.1, 0.15) is 16.8 Å². The zero-order valence-electron chi connectivity index (χ0n) is 16.9. The van der Waals surface area contributed by atoms with Crippen LogP contribution in [0.2, 0.25) is 0 Å². The van der Waals surface area contributed by atoms with E-state index in [0.717, 1.165) is 5.69 Å². The largest absolute Gasteiger partial charge is 0.497 e. The van der Waals surface area contributed by atoms with E-state index in [9.17, 15) is 9.59 Å². The van der Waals surface area contributed by atoms with Gasteiger partial charge in [-0.1, -0.05) is 0 Å². The van der Waals surface area contributed by atoms with Gasteiger partial charge in [0.25, 0.3) is 5.91 Å². The lowest BCUT2D eigenvalue weighted by Crippen LogP contribution is -2.37. The van der Waals surface area contributed by atoms with Crippen LogP contribution in [0, 0.1) is 0 Å². The highest BCUT2D eigenvalue weighted by Gasteiger charge is 2.32. The molecule has 0 bridgehead atoms. The summed E-state index contributed by atoms with van der Waals surface area (Å²) >= 11 is 0. The Hall–Kier alpha value is -3.42. The summed E-state index contributed by atoms with van der Waals surface area (Å²) in [6, 6.07) is 10.1. The second-order valence-corrected chi connectivity index (χ2v) is 6.49. The Kier molecular flexibility index (Phi) is 6.11. The van der Waals surface area contributed by atoms with Gasteiger partial charge in [-0.15, -0.1) is 0 Å². The van der Waals surface area contributed by atoms with Gasteiger partial charge in [-0.25, -0.2) is 0 Å². The Labute approximate surface area is 169 Å². The summed E-state index contributed by atoms with van der Waals surface area (Å²) in [5.74, 6) is 1.53. The van der Waals surface area contributed by atoms with Gasteiger partial charge in [-0.3, -0.25) is 9.59 Å². The number of hydrogen-bond donors (Lipinski definition) is 1. The molecule has 8 nitrogen and oxygen atoms in total. The van der Waals surface area contributed by atoms with Crippen LogP contribution < -0.4 is 29.2 Å². The minimum absolute atomic E-state index is 0.0506. The average molecular weight is 400 g/mol. The number of benzene rings is 2. The molecule has 2 aromatic carbocycles. The summed E-state index contributed by atoms with van der Waals surface area (Å²) in [4.78, 5) is 26.8. The lowest BCUT2D eigenvalue weighted by molar-refractivity contribution is -0.117. The van der Waals surface area contributed by atoms with Crippen molar-refractivity contribution in [2.75, 3.05) is 39.9 Å². The van der Waals surface area contributed by atoms with Crippen molar-refractivity contribution in [2.24, 2.45) is 0 Å². The van der Waals surface area contributed by atoms with Crippen LogP contribution in [0.4, 0.5) is 5.69 Å². The third-order valence-electron chi connectivity index (χ3n) is 4.77. The van der Waals surface area contributed by atoms with E-state index in [1.807, 2.05) is 12.1 Å². The first-order valence-corrected chi connectivity index (χ1v) is 9.06. The van der Waals surface area contributed by atoms with E-state index < -0.39 is 0 Å². The molecule has 0 aromatic heterocycles. The molecular weight excluding hydrogens is 376 g/mol. The molecule has 8 heteroatoms. The topological polar surface area (TPSA) is 86.3 Å². The molecule has 154 valence electrons. The molecule has 1 atom stereocenters. The smallest absolute Gasteiger partial charge is 0.251 e. The van der Waals surface area contributed by atoms with Crippen molar-refractivity contribution in [3.8, 4) is 23.0 Å². The first-order valence-electron chi connectivity index (χ1n) is 9.06. The maximum atomic E-state index is 12.8. The Morgan fingerprint density at radius 1 is 0.966 bits per heavy atom. The number of rotatable bonds is 7. The molecule has 1 unspecified atom stereocenters. The first-order chi connectivity index (χ1) is 14.0. The zero-order valence-corrected chi connectivity index (χ0v) is 16.9. The molecule has 1 fully saturated rings. The van der Waals surface area contributed by atoms with Crippen LogP contribution in [0.5, 0.6) is 23.0 Å². The molecular formula is C21H24N2O6. The number of methoxy groups -OCH3 is 4. The number of amides is 2. The van der Waals surface area contributed by atoms with Gasteiger partial charge in [0.2, 0.25) is 11.7 Å². The van der Waals surface area contributed by atoms with Gasteiger partial charge in [0.05, 0.1) is 34.5 Å². The lowest BCUT2D eigenvalue weighted by Gasteiger charge is -2.18. The van der Waals surface area contributed by atoms with Crippen LogP contribution in [-0.2, 0) is 4.79 Å². The van der Waals surface area contributed by atoms with Gasteiger partial charge in [0, 0.05) is 24.2 Å². The van der Waals surface area contributed by atoms with E-state index in [1.165, 1.54) is 21.3 Å². The Morgan fingerprint density at radius 3 is 2.10 bits per heavy atom. The van der Waals surface area contributed by atoms with E-state index in [0.29, 0.717) is 35.1 Å². The van der Waals surface area contributed by atoms with Crippen molar-refractivity contribution >= 4 is 17.5 Å². The van der Waals surface area contributed by atoms with Crippen LogP contribution >= 0.6 is 0 Å². The van der Waals surface area contributed by atoms with Gasteiger partial charge < -0.3 is 29.2 Å². The summed E-state index contributed by atoms with van der Waals surface area (Å²) in [5, 5.41) is 2.91. The number of carbonyl (C=O) groups is 2. The number of nitrogens with zero attached hydrogens (tertiary/aromatic N) is 1. The van der Waals surface area contributed by atoms with Crippen LogP contribution in [0.3, 0.4) is 0 Å². The van der Waals surface area contributed by atoms with E-state index in [1.54, 1.807) is 36.3 Å². The van der Waals surface area contributed by atoms with Crippen LogP contribution in [-0.4, -0.2) is 52.8 Å². The van der Waals surface area contributed by atoms with Gasteiger partial charge in [0.15, 0.2) is 11.5 Å². The fourth-order valence-electron chi connectivity index (χ4n) is 3.30. The van der Waals surface area contributed by atoms with Gasteiger partial charge in [-0.05, 0) is 36.4 Å². The summed E-state index contributed by atoms with van der Waals surface area (Å²) in [7, 11) is 6.06. The monoisotopic (exact) mass is 400 g/mol. The van der Waals surface area contributed by atoms with Crippen molar-refractivity contribution in [1.29, 1.82) is 0 Å². The number of carbonyl (C=O) groups excluding carboxylic acids is 2. The minimum atomic E-state index is -0.321. The predicted octanol–water partition coefficient (Wildman–Crippen LogP) is 2.26. The number of nitrogens with one attached hydrogen (secondary N) is 1. The standard InChI is InChI=1S/C21H24N2O6/c1-26-16-7-5-15(6-8-16)23-12-14(11-19(23)24)22-21(25)13-9-17(27-2)20(29-4)18(10-13)28-3/h5-10,14H,11-12H2,1-4H3,(H,22,25). The second-order valence-electron chi connectivity index (χ2n) is 6.49. The fraction of sp³-hybridized carbons (Fsp3) is 0.333. The Balaban J connectivity index is 1.73. The molecule has 2 aromatic rings. The van der Waals surface area contributed by atoms with Crippen LogP contribution in [0.25, 0.3) is 0 Å². The SMILES string of the molecule is COc1ccc(N2CC(NC(=O)c3cc(OC)c(OC)c(OC)c3)CC2=O)cc1. The summed E-state index contributed by atoms with van der Waals surface area (Å²) < 4.78 is 21.0. The highest BCUT2D eigenvalue weighted by molar-refractivity contribution is 5.99. The highest BCUT2D eigenvalue weighted by atomic mass is 16.5. The second kappa shape index (κ2) is 8.72. The van der Waals surface area contributed by atoms with Gasteiger partial charge in [0.1, 0.15) is 5.75 Å². The normalized spacial score (nSPS) is 15.8. The molecule has 0 saturated carbocycles. The Morgan fingerprint density at radius 2 is 1.59 bits per heavy atom. The lowest BCUT2D eigenvalue weighted by atomic mass is 10.1. The number of hydrogen-bond acceptors (Lipinski definition) is 6. The first kappa shape index (κ1) is 20.3. The third kappa shape index (κ3) is 4.21. The molecule has 0 spiro atoms. The maximum Gasteiger partial charge on any atom is 0.251 e. The van der Waals surface area contributed by atoms with Crippen molar-refractivity contribution in [2.45, 2.75) is 12.5 Å². The molecule has 1 N–H and O–H groups in total. The van der Waals surface area contributed by atoms with Gasteiger partial charge in [-0.2, -0.15) is 0 Å². The number of anilines is 1. The van der Waals surface area contributed by atoms with Crippen molar-refractivity contribution in [1.82, 2.24) is 5.32 Å². The van der Waals surface area contributed by atoms with E-state index in [4.69, 9.17) is 18.9 Å². The fourth-order valence-corrected chi connectivity index (χ4v) is 3.30. The van der Waals surface area contributed by atoms with E-state index >= 15 is 0 Å². The zero-order chi connectivity index (χ0) is 21.0. The Bertz CT molecular complexity index is 872. The summed E-state index contributed by atoms with van der Waals surface area (Å²) in [6.07, 6.45) is 0.224. The molecule has 2 amide bonds. The highest BCUT2D eigenvalue weighted by Crippen LogP contribution is 2.38. The average Bonchev–Trinajstić information content (AvgIpc) is 3.12. The molecule has 0 radical (unpaired) electrons. The third-order valence-corrected chi connectivity index (χ3v) is 4.77. The molecule has 1 saturated heterocycles. The molecule has 1 heterocycles. The minimum Gasteiger partial charge on any atom is -0.497 e. The van der Waals surface area contributed by atoms with E-state index in [2.05, 4.69) is 5.32 Å². The molecule has 1 aliphatic rings.